The molecule has 3 nitrogen and oxygen atoms in total. The molecule has 0 aromatic heterocycles. The number of nitrogens with zero attached hydrogens (tertiary/aromatic N) is 1. The van der Waals surface area contributed by atoms with Crippen molar-refractivity contribution in [3.8, 4) is 0 Å². The van der Waals surface area contributed by atoms with Crippen LogP contribution in [0.15, 0.2) is 0 Å². The first kappa shape index (κ1) is 12.5. The molecule has 0 heterocycles. The molecule has 1 N–H and O–H groups in total. The summed E-state index contributed by atoms with van der Waals surface area (Å²) in [4.78, 5) is 13.7. The van der Waals surface area contributed by atoms with Crippen LogP contribution >= 0.6 is 0 Å². The Kier molecular flexibility index (Phi) is 4.58. The molecule has 0 bridgehead atoms. The van der Waals surface area contributed by atoms with Crippen molar-refractivity contribution in [1.82, 2.24) is 4.90 Å². The van der Waals surface area contributed by atoms with Crippen LogP contribution in [0.2, 0.25) is 0 Å². The fourth-order valence-corrected chi connectivity index (χ4v) is 2.70. The summed E-state index contributed by atoms with van der Waals surface area (Å²) in [7, 11) is 0. The van der Waals surface area contributed by atoms with Gasteiger partial charge in [0.15, 0.2) is 0 Å². The summed E-state index contributed by atoms with van der Waals surface area (Å²) in [6.07, 6.45) is 5.88. The summed E-state index contributed by atoms with van der Waals surface area (Å²) < 4.78 is 0. The Bertz CT molecular complexity index is 204. The lowest BCUT2D eigenvalue weighted by atomic mass is 9.94. The number of carboxylic acid groups (broad SMARTS) is 1. The van der Waals surface area contributed by atoms with Crippen molar-refractivity contribution in [2.24, 2.45) is 0 Å². The average Bonchev–Trinajstić information content (AvgIpc) is 2.67. The Hall–Kier alpha value is -0.570. The smallest absolute Gasteiger partial charge is 0.324 e. The highest BCUT2D eigenvalue weighted by Gasteiger charge is 2.45. The largest absolute Gasteiger partial charge is 0.480 e. The first-order valence-electron chi connectivity index (χ1n) is 6.16. The highest BCUT2D eigenvalue weighted by Crippen LogP contribution is 2.35. The van der Waals surface area contributed by atoms with Gasteiger partial charge in [-0.2, -0.15) is 0 Å². The molecule has 0 unspecified atom stereocenters. The SMILES string of the molecule is CCCN(CCC)C1(C(=O)O)CCCC1. The van der Waals surface area contributed by atoms with E-state index in [1.165, 1.54) is 0 Å². The number of rotatable bonds is 6. The predicted octanol–water partition coefficient (Wildman–Crippen LogP) is 2.51. The van der Waals surface area contributed by atoms with Gasteiger partial charge in [0, 0.05) is 0 Å². The van der Waals surface area contributed by atoms with Gasteiger partial charge in [0.1, 0.15) is 5.54 Å². The average molecular weight is 213 g/mol. The lowest BCUT2D eigenvalue weighted by molar-refractivity contribution is -0.151. The molecule has 1 aliphatic carbocycles. The number of carboxylic acids is 1. The van der Waals surface area contributed by atoms with E-state index in [0.29, 0.717) is 0 Å². The van der Waals surface area contributed by atoms with Crippen LogP contribution in [-0.4, -0.2) is 34.6 Å². The minimum absolute atomic E-state index is 0.536. The van der Waals surface area contributed by atoms with Crippen molar-refractivity contribution in [1.29, 1.82) is 0 Å². The van der Waals surface area contributed by atoms with Gasteiger partial charge in [0.25, 0.3) is 0 Å². The molecular weight excluding hydrogens is 190 g/mol. The molecule has 3 heteroatoms. The number of hydrogen-bond acceptors (Lipinski definition) is 2. The first-order chi connectivity index (χ1) is 7.17. The monoisotopic (exact) mass is 213 g/mol. The first-order valence-corrected chi connectivity index (χ1v) is 6.16. The minimum Gasteiger partial charge on any atom is -0.480 e. The third kappa shape index (κ3) is 2.51. The molecule has 1 fully saturated rings. The Labute approximate surface area is 92.5 Å². The zero-order valence-corrected chi connectivity index (χ0v) is 9.96. The second-order valence-electron chi connectivity index (χ2n) is 4.53. The Morgan fingerprint density at radius 2 is 1.67 bits per heavy atom. The van der Waals surface area contributed by atoms with E-state index in [1.54, 1.807) is 0 Å². The molecule has 0 aliphatic heterocycles. The normalized spacial score (nSPS) is 19.7. The molecule has 0 saturated heterocycles. The van der Waals surface area contributed by atoms with E-state index in [9.17, 15) is 9.90 Å². The summed E-state index contributed by atoms with van der Waals surface area (Å²) in [5.74, 6) is -0.609. The van der Waals surface area contributed by atoms with Gasteiger partial charge in [-0.05, 0) is 38.8 Å². The van der Waals surface area contributed by atoms with E-state index in [-0.39, 0.29) is 0 Å². The van der Waals surface area contributed by atoms with Gasteiger partial charge in [0.05, 0.1) is 0 Å². The Balaban J connectivity index is 2.78. The lowest BCUT2D eigenvalue weighted by Crippen LogP contribution is -2.53. The van der Waals surface area contributed by atoms with E-state index >= 15 is 0 Å². The van der Waals surface area contributed by atoms with Crippen LogP contribution in [-0.2, 0) is 4.79 Å². The maximum absolute atomic E-state index is 11.5. The Morgan fingerprint density at radius 3 is 2.00 bits per heavy atom. The second kappa shape index (κ2) is 5.50. The summed E-state index contributed by atoms with van der Waals surface area (Å²) in [5, 5.41) is 9.45. The van der Waals surface area contributed by atoms with Crippen LogP contribution in [0.5, 0.6) is 0 Å². The van der Waals surface area contributed by atoms with Crippen molar-refractivity contribution in [3.05, 3.63) is 0 Å². The minimum atomic E-state index is -0.609. The molecule has 1 rings (SSSR count). The maximum atomic E-state index is 11.5. The predicted molar refractivity (Wildman–Crippen MR) is 61.0 cm³/mol. The van der Waals surface area contributed by atoms with E-state index in [1.807, 2.05) is 0 Å². The van der Waals surface area contributed by atoms with Crippen LogP contribution in [0.1, 0.15) is 52.4 Å². The van der Waals surface area contributed by atoms with E-state index in [4.69, 9.17) is 0 Å². The Morgan fingerprint density at radius 1 is 1.20 bits per heavy atom. The molecule has 0 atom stereocenters. The molecule has 88 valence electrons. The van der Waals surface area contributed by atoms with Crippen LogP contribution in [0, 0.1) is 0 Å². The molecule has 0 aromatic carbocycles. The highest BCUT2D eigenvalue weighted by molar-refractivity contribution is 5.79. The maximum Gasteiger partial charge on any atom is 0.324 e. The second-order valence-corrected chi connectivity index (χ2v) is 4.53. The summed E-state index contributed by atoms with van der Waals surface area (Å²) >= 11 is 0. The summed E-state index contributed by atoms with van der Waals surface area (Å²) in [5.41, 5.74) is -0.536. The van der Waals surface area contributed by atoms with Gasteiger partial charge in [-0.25, -0.2) is 0 Å². The van der Waals surface area contributed by atoms with Gasteiger partial charge in [-0.1, -0.05) is 26.7 Å². The molecule has 15 heavy (non-hydrogen) atoms. The molecule has 0 radical (unpaired) electrons. The lowest BCUT2D eigenvalue weighted by Gasteiger charge is -2.37. The van der Waals surface area contributed by atoms with Crippen LogP contribution in [0.25, 0.3) is 0 Å². The molecular formula is C12H23NO2. The molecule has 1 saturated carbocycles. The third-order valence-corrected chi connectivity index (χ3v) is 3.42. The van der Waals surface area contributed by atoms with Crippen molar-refractivity contribution >= 4 is 5.97 Å². The zero-order chi connectivity index (χ0) is 11.3. The van der Waals surface area contributed by atoms with Gasteiger partial charge in [0.2, 0.25) is 0 Å². The van der Waals surface area contributed by atoms with Crippen molar-refractivity contribution in [3.63, 3.8) is 0 Å². The summed E-state index contributed by atoms with van der Waals surface area (Å²) in [6, 6.07) is 0. The van der Waals surface area contributed by atoms with Crippen molar-refractivity contribution in [2.45, 2.75) is 57.9 Å². The van der Waals surface area contributed by atoms with Crippen LogP contribution in [0.4, 0.5) is 0 Å². The standard InChI is InChI=1S/C12H23NO2/c1-3-9-13(10-4-2)12(11(14)15)7-5-6-8-12/h3-10H2,1-2H3,(H,14,15). The van der Waals surface area contributed by atoms with Crippen LogP contribution in [0.3, 0.4) is 0 Å². The molecule has 0 amide bonds. The fraction of sp³-hybridized carbons (Fsp3) is 0.917. The van der Waals surface area contributed by atoms with Crippen molar-refractivity contribution < 1.29 is 9.90 Å². The summed E-state index contributed by atoms with van der Waals surface area (Å²) in [6.45, 7) is 6.07. The van der Waals surface area contributed by atoms with Crippen LogP contribution < -0.4 is 0 Å². The quantitative estimate of drug-likeness (QED) is 0.737. The van der Waals surface area contributed by atoms with Gasteiger partial charge in [-0.15, -0.1) is 0 Å². The molecule has 0 spiro atoms. The fourth-order valence-electron chi connectivity index (χ4n) is 2.70. The van der Waals surface area contributed by atoms with Gasteiger partial charge >= 0.3 is 5.97 Å². The van der Waals surface area contributed by atoms with Gasteiger partial charge in [-0.3, -0.25) is 9.69 Å². The zero-order valence-electron chi connectivity index (χ0n) is 9.96. The van der Waals surface area contributed by atoms with Gasteiger partial charge < -0.3 is 5.11 Å². The number of carbonyl (C=O) groups is 1. The van der Waals surface area contributed by atoms with E-state index in [2.05, 4.69) is 18.7 Å². The number of aliphatic carboxylic acids is 1. The molecule has 0 aromatic rings. The third-order valence-electron chi connectivity index (χ3n) is 3.42. The topological polar surface area (TPSA) is 40.5 Å². The van der Waals surface area contributed by atoms with E-state index in [0.717, 1.165) is 51.6 Å². The highest BCUT2D eigenvalue weighted by atomic mass is 16.4. The number of hydrogen-bond donors (Lipinski definition) is 1. The van der Waals surface area contributed by atoms with Crippen molar-refractivity contribution in [2.75, 3.05) is 13.1 Å². The van der Waals surface area contributed by atoms with E-state index < -0.39 is 11.5 Å². The molecule has 1 aliphatic rings.